The van der Waals surface area contributed by atoms with Gasteiger partial charge in [-0.3, -0.25) is 0 Å². The Labute approximate surface area is 31.2 Å². The van der Waals surface area contributed by atoms with E-state index in [0.717, 1.165) is 0 Å². The van der Waals surface area contributed by atoms with Gasteiger partial charge in [-0.15, -0.1) is 0 Å². The van der Waals surface area contributed by atoms with Crippen LogP contribution in [0, 0.1) is 0 Å². The molecule has 0 saturated heterocycles. The molecule has 0 heterocycles. The third-order valence-corrected chi connectivity index (χ3v) is 0.197. The second-order valence-electron chi connectivity index (χ2n) is 0.575. The van der Waals surface area contributed by atoms with Gasteiger partial charge in [0.05, 0.1) is 0 Å². The third-order valence-electron chi connectivity index (χ3n) is 0.197. The van der Waals surface area contributed by atoms with Gasteiger partial charge in [0.2, 0.25) is 0 Å². The molecule has 0 aliphatic carbocycles. The highest BCUT2D eigenvalue weighted by atomic mass is 16.6. The summed E-state index contributed by atoms with van der Waals surface area (Å²) in [4.78, 5) is 3.51. The zero-order chi connectivity index (χ0) is 4.12. The van der Waals surface area contributed by atoms with Crippen LogP contribution in [0.1, 0.15) is 6.92 Å². The predicted molar refractivity (Wildman–Crippen MR) is 18.0 cm³/mol. The van der Waals surface area contributed by atoms with Crippen molar-refractivity contribution in [3.8, 4) is 0 Å². The molecule has 0 aliphatic rings. The van der Waals surface area contributed by atoms with Gasteiger partial charge in [-0.2, -0.15) is 0 Å². The molecule has 0 atom stereocenters. The summed E-state index contributed by atoms with van der Waals surface area (Å²) in [5, 5.41) is 0. The minimum Gasteiger partial charge on any atom is -0.376 e. The third kappa shape index (κ3) is 3.50. The molecule has 0 bridgehead atoms. The average molecular weight is 71.1 g/mol. The second kappa shape index (κ2) is 3.50. The molecule has 0 spiro atoms. The monoisotopic (exact) mass is 71.0 g/mol. The van der Waals surface area contributed by atoms with E-state index in [4.69, 9.17) is 5.90 Å². The van der Waals surface area contributed by atoms with Crippen molar-refractivity contribution < 1.29 is 4.84 Å². The lowest BCUT2D eigenvalue weighted by Crippen LogP contribution is -1.64. The lowest BCUT2D eigenvalue weighted by atomic mass is 10.7. The van der Waals surface area contributed by atoms with E-state index < -0.39 is 0 Å². The van der Waals surface area contributed by atoms with E-state index >= 15 is 0 Å². The summed E-state index contributed by atoms with van der Waals surface area (Å²) in [6.45, 7) is 1.75. The minimum absolute atomic E-state index is 1.18. The van der Waals surface area contributed by atoms with E-state index in [1.807, 2.05) is 0 Å². The molecule has 0 unspecified atom stereocenters. The Morgan fingerprint density at radius 2 is 2.40 bits per heavy atom. The van der Waals surface area contributed by atoms with Gasteiger partial charge in [0.1, 0.15) is 12.2 Å². The Morgan fingerprint density at radius 1 is 1.80 bits per heavy atom. The molecule has 2 nitrogen and oxygen atoms in total. The fourth-order valence-electron chi connectivity index (χ4n) is 0.0609. The van der Waals surface area contributed by atoms with Crippen molar-refractivity contribution in [2.45, 2.75) is 6.92 Å². The molecule has 2 radical (unpaired) electrons. The summed E-state index contributed by atoms with van der Waals surface area (Å²) in [5.74, 6) is 7.48. The zero-order valence-electron chi connectivity index (χ0n) is 3.01. The van der Waals surface area contributed by atoms with E-state index in [2.05, 4.69) is 4.84 Å². The largest absolute Gasteiger partial charge is 0.376 e. The predicted octanol–water partition coefficient (Wildman–Crippen LogP) is 0.520. The molecule has 0 aromatic carbocycles. The lowest BCUT2D eigenvalue weighted by molar-refractivity contribution is 0.236. The fraction of sp³-hybridized carbons (Fsp3) is 0.333. The summed E-state index contributed by atoms with van der Waals surface area (Å²) >= 11 is 0. The van der Waals surface area contributed by atoms with Gasteiger partial charge in [0.25, 0.3) is 0 Å². The fourth-order valence-corrected chi connectivity index (χ4v) is 0.0609. The van der Waals surface area contributed by atoms with Crippen LogP contribution in [0.15, 0.2) is 12.3 Å². The van der Waals surface area contributed by atoms with Crippen molar-refractivity contribution in [3.63, 3.8) is 0 Å². The molecule has 0 N–H and O–H groups in total. The summed E-state index contributed by atoms with van der Waals surface area (Å²) in [6.07, 6.45) is 2.76. The van der Waals surface area contributed by atoms with Gasteiger partial charge in [-0.1, -0.05) is 6.08 Å². The summed E-state index contributed by atoms with van der Waals surface area (Å²) < 4.78 is 0. The van der Waals surface area contributed by atoms with Crippen molar-refractivity contribution in [1.82, 2.24) is 5.90 Å². The van der Waals surface area contributed by atoms with Gasteiger partial charge < -0.3 is 4.84 Å². The number of hydrogen-bond acceptors (Lipinski definition) is 1. The van der Waals surface area contributed by atoms with Crippen LogP contribution in [0.25, 0.3) is 0 Å². The highest BCUT2D eigenvalue weighted by Gasteiger charge is 1.51. The van der Waals surface area contributed by atoms with Gasteiger partial charge in [0.15, 0.2) is 0 Å². The minimum atomic E-state index is 1.18. The SMILES string of the molecule is C/C=C\O[N]. The van der Waals surface area contributed by atoms with E-state index in [0.29, 0.717) is 0 Å². The molecule has 0 fully saturated rings. The standard InChI is InChI=1S/C3H5NO/c1-2-3-5-4/h2-3H,1H3/b3-2-. The molecule has 2 heteroatoms. The van der Waals surface area contributed by atoms with Gasteiger partial charge in [-0.05, 0) is 6.92 Å². The Bertz CT molecular complexity index is 33.9. The molecular formula is C3H5NO. The van der Waals surface area contributed by atoms with Crippen molar-refractivity contribution in [3.05, 3.63) is 12.3 Å². The van der Waals surface area contributed by atoms with Crippen LogP contribution in [-0.2, 0) is 4.84 Å². The Morgan fingerprint density at radius 3 is 2.40 bits per heavy atom. The van der Waals surface area contributed by atoms with Crippen LogP contribution in [0.4, 0.5) is 0 Å². The summed E-state index contributed by atoms with van der Waals surface area (Å²) in [6, 6.07) is 0. The first-order chi connectivity index (χ1) is 2.41. The van der Waals surface area contributed by atoms with Crippen LogP contribution in [0.2, 0.25) is 0 Å². The summed E-state index contributed by atoms with van der Waals surface area (Å²) in [7, 11) is 0. The molecule has 0 aromatic heterocycles. The van der Waals surface area contributed by atoms with Gasteiger partial charge in [0, 0.05) is 0 Å². The maximum absolute atomic E-state index is 7.48. The Balaban J connectivity index is 2.62. The first kappa shape index (κ1) is 4.50. The summed E-state index contributed by atoms with van der Waals surface area (Å²) in [5.41, 5.74) is 0. The zero-order valence-corrected chi connectivity index (χ0v) is 3.01. The maximum Gasteiger partial charge on any atom is 0.111 e. The van der Waals surface area contributed by atoms with E-state index in [9.17, 15) is 0 Å². The molecule has 0 aliphatic heterocycles. The van der Waals surface area contributed by atoms with Gasteiger partial charge >= 0.3 is 0 Å². The lowest BCUT2D eigenvalue weighted by Gasteiger charge is -1.69. The van der Waals surface area contributed by atoms with Crippen molar-refractivity contribution in [2.24, 2.45) is 0 Å². The highest BCUT2D eigenvalue weighted by molar-refractivity contribution is 4.62. The van der Waals surface area contributed by atoms with E-state index in [-0.39, 0.29) is 0 Å². The first-order valence-electron chi connectivity index (χ1n) is 1.33. The number of rotatable bonds is 1. The molecular weight excluding hydrogens is 66.0 g/mol. The van der Waals surface area contributed by atoms with Crippen LogP contribution < -0.4 is 5.90 Å². The highest BCUT2D eigenvalue weighted by Crippen LogP contribution is 1.62. The first-order valence-corrected chi connectivity index (χ1v) is 1.33. The molecule has 0 aromatic rings. The number of allylic oxidation sites excluding steroid dienone is 1. The van der Waals surface area contributed by atoms with Crippen molar-refractivity contribution >= 4 is 0 Å². The van der Waals surface area contributed by atoms with Gasteiger partial charge in [-0.25, -0.2) is 0 Å². The Hall–Kier alpha value is -0.500. The quantitative estimate of drug-likeness (QED) is 0.327. The molecule has 0 saturated carbocycles. The van der Waals surface area contributed by atoms with Crippen molar-refractivity contribution in [1.29, 1.82) is 0 Å². The smallest absolute Gasteiger partial charge is 0.111 e. The van der Waals surface area contributed by atoms with Crippen LogP contribution in [0.3, 0.4) is 0 Å². The molecule has 5 heavy (non-hydrogen) atoms. The van der Waals surface area contributed by atoms with E-state index in [1.165, 1.54) is 6.26 Å². The topological polar surface area (TPSA) is 31.5 Å². The number of nitrogens with zero attached hydrogens (tertiary/aromatic N) is 1. The normalized spacial score (nSPS) is 9.20. The average Bonchev–Trinajstić information content (AvgIpc) is 1.41. The number of hydrogen-bond donors (Lipinski definition) is 0. The molecule has 0 amide bonds. The molecule has 0 rings (SSSR count). The van der Waals surface area contributed by atoms with Crippen LogP contribution >= 0.6 is 0 Å². The van der Waals surface area contributed by atoms with Crippen LogP contribution in [0.5, 0.6) is 0 Å². The maximum atomic E-state index is 7.48. The second-order valence-corrected chi connectivity index (χ2v) is 0.575. The Kier molecular flexibility index (Phi) is 3.15. The van der Waals surface area contributed by atoms with Crippen LogP contribution in [-0.4, -0.2) is 0 Å². The van der Waals surface area contributed by atoms with E-state index in [1.54, 1.807) is 13.0 Å². The molecule has 28 valence electrons. The van der Waals surface area contributed by atoms with Crippen molar-refractivity contribution in [2.75, 3.05) is 0 Å².